The maximum absolute atomic E-state index is 10.7. The quantitative estimate of drug-likeness (QED) is 0.820. The van der Waals surface area contributed by atoms with Crippen molar-refractivity contribution in [2.45, 2.75) is 6.92 Å². The molecule has 0 heterocycles. The van der Waals surface area contributed by atoms with Gasteiger partial charge in [0, 0.05) is 3.57 Å². The first-order valence-corrected chi connectivity index (χ1v) is 4.78. The smallest absolute Gasteiger partial charge is 0.336 e. The Labute approximate surface area is 93.7 Å². The van der Waals surface area contributed by atoms with Crippen LogP contribution in [0.2, 0.25) is 0 Å². The van der Waals surface area contributed by atoms with Crippen molar-refractivity contribution >= 4 is 34.5 Å². The SMILES string of the molecule is Cc1cc(I)c(C(=O)O)cc1C(=O)O. The largest absolute Gasteiger partial charge is 0.478 e. The number of aryl methyl sites for hydroxylation is 1. The van der Waals surface area contributed by atoms with Crippen molar-refractivity contribution in [2.24, 2.45) is 0 Å². The van der Waals surface area contributed by atoms with E-state index in [1.54, 1.807) is 13.0 Å². The molecule has 0 fully saturated rings. The van der Waals surface area contributed by atoms with Crippen LogP contribution in [0.15, 0.2) is 12.1 Å². The van der Waals surface area contributed by atoms with Crippen molar-refractivity contribution in [3.8, 4) is 0 Å². The van der Waals surface area contributed by atoms with Crippen LogP contribution in [-0.4, -0.2) is 22.2 Å². The summed E-state index contributed by atoms with van der Waals surface area (Å²) in [4.78, 5) is 21.4. The lowest BCUT2D eigenvalue weighted by molar-refractivity contribution is 0.0695. The second-order valence-electron chi connectivity index (χ2n) is 2.76. The third kappa shape index (κ3) is 2.03. The summed E-state index contributed by atoms with van der Waals surface area (Å²) in [5.74, 6) is -2.22. The van der Waals surface area contributed by atoms with Gasteiger partial charge < -0.3 is 10.2 Å². The molecule has 74 valence electrons. The summed E-state index contributed by atoms with van der Waals surface area (Å²) in [6, 6.07) is 2.73. The van der Waals surface area contributed by atoms with Gasteiger partial charge in [-0.2, -0.15) is 0 Å². The Bertz CT molecular complexity index is 376. The number of carboxylic acid groups (broad SMARTS) is 2. The molecule has 1 aromatic rings. The Morgan fingerprint density at radius 2 is 1.64 bits per heavy atom. The zero-order chi connectivity index (χ0) is 10.9. The van der Waals surface area contributed by atoms with E-state index < -0.39 is 11.9 Å². The molecule has 0 saturated carbocycles. The summed E-state index contributed by atoms with van der Waals surface area (Å²) in [6.45, 7) is 1.64. The minimum atomic E-state index is -1.11. The monoisotopic (exact) mass is 306 g/mol. The fourth-order valence-electron chi connectivity index (χ4n) is 1.07. The number of benzene rings is 1. The molecule has 0 aliphatic carbocycles. The third-order valence-electron chi connectivity index (χ3n) is 1.77. The Balaban J connectivity index is 3.42. The molecule has 0 aliphatic rings. The number of aromatic carboxylic acids is 2. The molecule has 0 bridgehead atoms. The molecule has 5 heteroatoms. The first kappa shape index (κ1) is 11.0. The predicted molar refractivity (Wildman–Crippen MR) is 57.8 cm³/mol. The molecule has 0 saturated heterocycles. The highest BCUT2D eigenvalue weighted by Gasteiger charge is 2.14. The van der Waals surface area contributed by atoms with E-state index in [0.29, 0.717) is 9.13 Å². The first-order chi connectivity index (χ1) is 6.43. The van der Waals surface area contributed by atoms with Crippen LogP contribution in [0.1, 0.15) is 26.3 Å². The lowest BCUT2D eigenvalue weighted by Crippen LogP contribution is -2.06. The van der Waals surface area contributed by atoms with Crippen LogP contribution in [0.4, 0.5) is 0 Å². The minimum absolute atomic E-state index is 0.0219. The molecule has 1 rings (SSSR count). The number of hydrogen-bond donors (Lipinski definition) is 2. The maximum atomic E-state index is 10.7. The van der Waals surface area contributed by atoms with Gasteiger partial charge >= 0.3 is 11.9 Å². The number of hydrogen-bond acceptors (Lipinski definition) is 2. The summed E-state index contributed by atoms with van der Waals surface area (Å²) in [6.07, 6.45) is 0. The molecule has 0 radical (unpaired) electrons. The highest BCUT2D eigenvalue weighted by Crippen LogP contribution is 2.18. The van der Waals surface area contributed by atoms with Gasteiger partial charge in [-0.25, -0.2) is 9.59 Å². The maximum Gasteiger partial charge on any atom is 0.336 e. The fraction of sp³-hybridized carbons (Fsp3) is 0.111. The van der Waals surface area contributed by atoms with E-state index in [2.05, 4.69) is 0 Å². The predicted octanol–water partition coefficient (Wildman–Crippen LogP) is 2.00. The molecule has 1 aromatic carbocycles. The van der Waals surface area contributed by atoms with Crippen molar-refractivity contribution in [3.63, 3.8) is 0 Å². The van der Waals surface area contributed by atoms with Gasteiger partial charge in [-0.1, -0.05) is 0 Å². The van der Waals surface area contributed by atoms with Gasteiger partial charge in [0.15, 0.2) is 0 Å². The minimum Gasteiger partial charge on any atom is -0.478 e. The molecule has 0 aromatic heterocycles. The van der Waals surface area contributed by atoms with Crippen LogP contribution in [-0.2, 0) is 0 Å². The Morgan fingerprint density at radius 3 is 2.07 bits per heavy atom. The van der Waals surface area contributed by atoms with E-state index in [1.807, 2.05) is 22.6 Å². The van der Waals surface area contributed by atoms with E-state index in [-0.39, 0.29) is 11.1 Å². The molecule has 0 aliphatic heterocycles. The molecule has 0 amide bonds. The van der Waals surface area contributed by atoms with E-state index in [1.165, 1.54) is 6.07 Å². The molecule has 0 unspecified atom stereocenters. The number of rotatable bonds is 2. The first-order valence-electron chi connectivity index (χ1n) is 3.70. The van der Waals surface area contributed by atoms with E-state index in [0.717, 1.165) is 0 Å². The summed E-state index contributed by atoms with van der Waals surface area (Å²) < 4.78 is 0.539. The Kier molecular flexibility index (Phi) is 3.10. The van der Waals surface area contributed by atoms with Gasteiger partial charge in [0.2, 0.25) is 0 Å². The molecular weight excluding hydrogens is 299 g/mol. The summed E-state index contributed by atoms with van der Waals surface area (Å²) >= 11 is 1.87. The van der Waals surface area contributed by atoms with Crippen LogP contribution in [0.3, 0.4) is 0 Å². The standard InChI is InChI=1S/C9H7IO4/c1-4-2-7(10)6(9(13)14)3-5(4)8(11)12/h2-3H,1H3,(H,11,12)(H,13,14). The highest BCUT2D eigenvalue weighted by molar-refractivity contribution is 14.1. The van der Waals surface area contributed by atoms with Crippen LogP contribution in [0, 0.1) is 10.5 Å². The van der Waals surface area contributed by atoms with E-state index in [9.17, 15) is 9.59 Å². The normalized spacial score (nSPS) is 9.86. The topological polar surface area (TPSA) is 74.6 Å². The number of halogens is 1. The van der Waals surface area contributed by atoms with Gasteiger partial charge in [-0.05, 0) is 47.2 Å². The molecule has 14 heavy (non-hydrogen) atoms. The molecule has 2 N–H and O–H groups in total. The molecular formula is C9H7IO4. The second kappa shape index (κ2) is 3.95. The van der Waals surface area contributed by atoms with Crippen LogP contribution in [0.25, 0.3) is 0 Å². The summed E-state index contributed by atoms with van der Waals surface area (Å²) in [7, 11) is 0. The average molecular weight is 306 g/mol. The zero-order valence-electron chi connectivity index (χ0n) is 7.24. The average Bonchev–Trinajstić information content (AvgIpc) is 2.02. The van der Waals surface area contributed by atoms with E-state index in [4.69, 9.17) is 10.2 Å². The summed E-state index contributed by atoms with van der Waals surface area (Å²) in [5.41, 5.74) is 0.614. The number of carbonyl (C=O) groups is 2. The van der Waals surface area contributed by atoms with Crippen LogP contribution in [0.5, 0.6) is 0 Å². The van der Waals surface area contributed by atoms with Crippen molar-refractivity contribution in [2.75, 3.05) is 0 Å². The highest BCUT2D eigenvalue weighted by atomic mass is 127. The zero-order valence-corrected chi connectivity index (χ0v) is 9.40. The van der Waals surface area contributed by atoms with Gasteiger partial charge in [0.1, 0.15) is 0 Å². The van der Waals surface area contributed by atoms with Crippen molar-refractivity contribution < 1.29 is 19.8 Å². The van der Waals surface area contributed by atoms with E-state index >= 15 is 0 Å². The summed E-state index contributed by atoms with van der Waals surface area (Å²) in [5, 5.41) is 17.5. The Hall–Kier alpha value is -1.11. The lowest BCUT2D eigenvalue weighted by Gasteiger charge is -2.04. The third-order valence-corrected chi connectivity index (χ3v) is 2.67. The fourth-order valence-corrected chi connectivity index (χ4v) is 1.92. The lowest BCUT2D eigenvalue weighted by atomic mass is 10.1. The second-order valence-corrected chi connectivity index (χ2v) is 3.92. The van der Waals surface area contributed by atoms with Gasteiger partial charge in [-0.15, -0.1) is 0 Å². The Morgan fingerprint density at radius 1 is 1.14 bits per heavy atom. The van der Waals surface area contributed by atoms with Crippen molar-refractivity contribution in [1.82, 2.24) is 0 Å². The molecule has 4 nitrogen and oxygen atoms in total. The molecule has 0 spiro atoms. The van der Waals surface area contributed by atoms with Crippen molar-refractivity contribution in [1.29, 1.82) is 0 Å². The van der Waals surface area contributed by atoms with Gasteiger partial charge in [0.05, 0.1) is 11.1 Å². The van der Waals surface area contributed by atoms with Crippen molar-refractivity contribution in [3.05, 3.63) is 32.4 Å². The van der Waals surface area contributed by atoms with Crippen LogP contribution >= 0.6 is 22.6 Å². The molecule has 0 atom stereocenters. The van der Waals surface area contributed by atoms with Gasteiger partial charge in [0.25, 0.3) is 0 Å². The van der Waals surface area contributed by atoms with Gasteiger partial charge in [-0.3, -0.25) is 0 Å². The number of carboxylic acids is 2. The van der Waals surface area contributed by atoms with Crippen LogP contribution < -0.4 is 0 Å².